The van der Waals surface area contributed by atoms with Crippen LogP contribution in [-0.2, 0) is 0 Å². The van der Waals surface area contributed by atoms with Crippen LogP contribution in [0, 0.1) is 5.92 Å². The zero-order valence-electron chi connectivity index (χ0n) is 11.1. The van der Waals surface area contributed by atoms with Crippen LogP contribution in [0.25, 0.3) is 0 Å². The molecule has 0 aliphatic carbocycles. The molecule has 0 amide bonds. The Kier molecular flexibility index (Phi) is 3.18. The molecule has 0 bridgehead atoms. The molecular weight excluding hydrogens is 246 g/mol. The molecule has 0 spiro atoms. The Labute approximate surface area is 112 Å². The molecule has 0 saturated carbocycles. The van der Waals surface area contributed by atoms with E-state index < -0.39 is 5.97 Å². The van der Waals surface area contributed by atoms with Gasteiger partial charge in [0, 0.05) is 19.1 Å². The summed E-state index contributed by atoms with van der Waals surface area (Å²) < 4.78 is 5.29. The monoisotopic (exact) mass is 265 g/mol. The second kappa shape index (κ2) is 4.85. The molecule has 0 aromatic carbocycles. The van der Waals surface area contributed by atoms with Crippen molar-refractivity contribution < 1.29 is 14.3 Å². The fourth-order valence-electron chi connectivity index (χ4n) is 3.33. The van der Waals surface area contributed by atoms with Crippen molar-refractivity contribution in [3.05, 3.63) is 12.0 Å². The van der Waals surface area contributed by atoms with Crippen LogP contribution in [-0.4, -0.2) is 53.7 Å². The van der Waals surface area contributed by atoms with Crippen LogP contribution in [0.15, 0.2) is 10.7 Å². The van der Waals surface area contributed by atoms with E-state index in [-0.39, 0.29) is 5.69 Å². The van der Waals surface area contributed by atoms with Crippen molar-refractivity contribution in [2.75, 3.05) is 31.6 Å². The van der Waals surface area contributed by atoms with Crippen LogP contribution in [0.1, 0.15) is 29.8 Å². The minimum Gasteiger partial charge on any atom is -0.476 e. The normalized spacial score (nSPS) is 28.2. The highest BCUT2D eigenvalue weighted by molar-refractivity contribution is 5.85. The van der Waals surface area contributed by atoms with Crippen LogP contribution < -0.4 is 4.90 Å². The summed E-state index contributed by atoms with van der Waals surface area (Å²) in [6.07, 6.45) is 4.78. The summed E-state index contributed by atoms with van der Waals surface area (Å²) in [5, 5.41) is 8.87. The Morgan fingerprint density at radius 2 is 2.32 bits per heavy atom. The van der Waals surface area contributed by atoms with E-state index in [0.29, 0.717) is 18.0 Å². The van der Waals surface area contributed by atoms with Crippen molar-refractivity contribution in [1.29, 1.82) is 0 Å². The number of likely N-dealkylation sites (tertiary alicyclic amines) is 1. The molecule has 3 heterocycles. The SMILES string of the molecule is CN1CCCC2CN(c3nc(C(=O)O)co3)CCC21. The highest BCUT2D eigenvalue weighted by Crippen LogP contribution is 2.31. The molecule has 2 fully saturated rings. The Balaban J connectivity index is 1.71. The van der Waals surface area contributed by atoms with E-state index in [9.17, 15) is 4.79 Å². The lowest BCUT2D eigenvalue weighted by molar-refractivity contribution is 0.0690. The first-order valence-corrected chi connectivity index (χ1v) is 6.79. The first-order chi connectivity index (χ1) is 9.15. The average Bonchev–Trinajstić information content (AvgIpc) is 2.88. The van der Waals surface area contributed by atoms with E-state index in [0.717, 1.165) is 19.5 Å². The lowest BCUT2D eigenvalue weighted by atomic mass is 9.84. The van der Waals surface area contributed by atoms with E-state index in [2.05, 4.69) is 21.8 Å². The summed E-state index contributed by atoms with van der Waals surface area (Å²) in [6.45, 7) is 2.98. The number of piperidine rings is 2. The number of carbonyl (C=O) groups is 1. The van der Waals surface area contributed by atoms with Gasteiger partial charge in [0.1, 0.15) is 6.26 Å². The van der Waals surface area contributed by atoms with Gasteiger partial charge in [-0.15, -0.1) is 0 Å². The third-order valence-electron chi connectivity index (χ3n) is 4.33. The second-order valence-corrected chi connectivity index (χ2v) is 5.51. The molecule has 1 aromatic heterocycles. The van der Waals surface area contributed by atoms with Crippen molar-refractivity contribution in [2.45, 2.75) is 25.3 Å². The molecular formula is C13H19N3O3. The first-order valence-electron chi connectivity index (χ1n) is 6.79. The van der Waals surface area contributed by atoms with Gasteiger partial charge in [-0.05, 0) is 38.8 Å². The maximum Gasteiger partial charge on any atom is 0.357 e. The molecule has 3 rings (SSSR count). The summed E-state index contributed by atoms with van der Waals surface area (Å²) in [7, 11) is 2.19. The molecule has 19 heavy (non-hydrogen) atoms. The highest BCUT2D eigenvalue weighted by atomic mass is 16.4. The molecule has 1 aromatic rings. The molecule has 2 unspecified atom stereocenters. The molecule has 0 radical (unpaired) electrons. The minimum absolute atomic E-state index is 0.0158. The Morgan fingerprint density at radius 3 is 3.05 bits per heavy atom. The number of rotatable bonds is 2. The molecule has 2 aliphatic rings. The van der Waals surface area contributed by atoms with E-state index in [4.69, 9.17) is 9.52 Å². The van der Waals surface area contributed by atoms with Crippen molar-refractivity contribution in [3.8, 4) is 0 Å². The maximum atomic E-state index is 10.8. The quantitative estimate of drug-likeness (QED) is 0.869. The molecule has 2 aliphatic heterocycles. The van der Waals surface area contributed by atoms with Crippen molar-refractivity contribution in [3.63, 3.8) is 0 Å². The fraction of sp³-hybridized carbons (Fsp3) is 0.692. The molecule has 1 N–H and O–H groups in total. The van der Waals surface area contributed by atoms with Crippen molar-refractivity contribution >= 4 is 12.0 Å². The number of oxazole rings is 1. The fourth-order valence-corrected chi connectivity index (χ4v) is 3.33. The lowest BCUT2D eigenvalue weighted by Gasteiger charge is -2.45. The number of nitrogens with zero attached hydrogens (tertiary/aromatic N) is 3. The minimum atomic E-state index is -1.04. The van der Waals surface area contributed by atoms with E-state index in [1.165, 1.54) is 25.6 Å². The lowest BCUT2D eigenvalue weighted by Crippen LogP contribution is -2.52. The summed E-state index contributed by atoms with van der Waals surface area (Å²) in [4.78, 5) is 19.4. The number of carboxylic acids is 1. The number of hydrogen-bond acceptors (Lipinski definition) is 5. The maximum absolute atomic E-state index is 10.8. The standard InChI is InChI=1S/C13H19N3O3/c1-15-5-2-3-9-7-16(6-4-11(9)15)13-14-10(8-19-13)12(17)18/h8-9,11H,2-7H2,1H3,(H,17,18). The topological polar surface area (TPSA) is 69.8 Å². The molecule has 6 nitrogen and oxygen atoms in total. The van der Waals surface area contributed by atoms with Gasteiger partial charge in [0.2, 0.25) is 0 Å². The summed E-state index contributed by atoms with van der Waals surface area (Å²) in [6, 6.07) is 1.10. The highest BCUT2D eigenvalue weighted by Gasteiger charge is 2.35. The van der Waals surface area contributed by atoms with Crippen LogP contribution in [0.2, 0.25) is 0 Å². The van der Waals surface area contributed by atoms with Gasteiger partial charge >= 0.3 is 5.97 Å². The summed E-state index contributed by atoms with van der Waals surface area (Å²) in [5.41, 5.74) is -0.0158. The predicted molar refractivity (Wildman–Crippen MR) is 69.4 cm³/mol. The number of anilines is 1. The summed E-state index contributed by atoms with van der Waals surface area (Å²) >= 11 is 0. The van der Waals surface area contributed by atoms with Crippen molar-refractivity contribution in [1.82, 2.24) is 9.88 Å². The third kappa shape index (κ3) is 2.32. The molecule has 6 heteroatoms. The van der Waals surface area contributed by atoms with Gasteiger partial charge in [0.25, 0.3) is 6.01 Å². The number of fused-ring (bicyclic) bond motifs is 1. The number of hydrogen-bond donors (Lipinski definition) is 1. The zero-order valence-corrected chi connectivity index (χ0v) is 11.1. The van der Waals surface area contributed by atoms with E-state index in [1.807, 2.05) is 0 Å². The van der Waals surface area contributed by atoms with Crippen LogP contribution >= 0.6 is 0 Å². The number of aromatic nitrogens is 1. The van der Waals surface area contributed by atoms with Gasteiger partial charge in [-0.3, -0.25) is 0 Å². The third-order valence-corrected chi connectivity index (χ3v) is 4.33. The Hall–Kier alpha value is -1.56. The molecule has 104 valence electrons. The van der Waals surface area contributed by atoms with Crippen molar-refractivity contribution in [2.24, 2.45) is 5.92 Å². The number of carboxylic acid groups (broad SMARTS) is 1. The summed E-state index contributed by atoms with van der Waals surface area (Å²) in [5.74, 6) is -0.407. The molecule has 2 atom stereocenters. The van der Waals surface area contributed by atoms with Gasteiger partial charge in [-0.25, -0.2) is 4.79 Å². The second-order valence-electron chi connectivity index (χ2n) is 5.51. The Bertz CT molecular complexity index is 473. The van der Waals surface area contributed by atoms with Gasteiger partial charge in [0.05, 0.1) is 0 Å². The van der Waals surface area contributed by atoms with Crippen LogP contribution in [0.3, 0.4) is 0 Å². The molecule has 2 saturated heterocycles. The Morgan fingerprint density at radius 1 is 1.47 bits per heavy atom. The van der Waals surface area contributed by atoms with E-state index >= 15 is 0 Å². The van der Waals surface area contributed by atoms with Gasteiger partial charge < -0.3 is 19.3 Å². The van der Waals surface area contributed by atoms with Gasteiger partial charge in [0.15, 0.2) is 5.69 Å². The average molecular weight is 265 g/mol. The van der Waals surface area contributed by atoms with Gasteiger partial charge in [-0.2, -0.15) is 4.98 Å². The van der Waals surface area contributed by atoms with E-state index in [1.54, 1.807) is 0 Å². The van der Waals surface area contributed by atoms with Crippen LogP contribution in [0.4, 0.5) is 6.01 Å². The predicted octanol–water partition coefficient (Wildman–Crippen LogP) is 1.29. The van der Waals surface area contributed by atoms with Crippen LogP contribution in [0.5, 0.6) is 0 Å². The zero-order chi connectivity index (χ0) is 13.4. The number of aromatic carboxylic acids is 1. The van der Waals surface area contributed by atoms with Gasteiger partial charge in [-0.1, -0.05) is 0 Å². The smallest absolute Gasteiger partial charge is 0.357 e. The first kappa shape index (κ1) is 12.5. The largest absolute Gasteiger partial charge is 0.476 e.